The second kappa shape index (κ2) is 3.44. The van der Waals surface area contributed by atoms with Gasteiger partial charge in [-0.2, -0.15) is 12.6 Å². The van der Waals surface area contributed by atoms with E-state index in [4.69, 9.17) is 0 Å². The third kappa shape index (κ3) is 1.43. The molecule has 4 atom stereocenters. The fourth-order valence-corrected chi connectivity index (χ4v) is 1.64. The van der Waals surface area contributed by atoms with E-state index in [1.807, 2.05) is 0 Å². The van der Waals surface area contributed by atoms with Crippen LogP contribution in [0.3, 0.4) is 0 Å². The summed E-state index contributed by atoms with van der Waals surface area (Å²) in [4.78, 5) is 0. The first-order valence-electron chi connectivity index (χ1n) is 3.71. The Morgan fingerprint density at radius 2 is 1.17 bits per heavy atom. The minimum Gasteiger partial charge on any atom is -0.244 e. The first-order chi connectivity index (χ1) is 5.46. The van der Waals surface area contributed by atoms with Crippen LogP contribution in [0.25, 0.3) is 0 Å². The van der Waals surface area contributed by atoms with Gasteiger partial charge in [-0.05, 0) is 0 Å². The standard InChI is InChI=1S/C7H10F4S/c1-2-3(8)5(10)7(12)6(11)4(2)9/h2-7,12H,1H3. The highest BCUT2D eigenvalue weighted by Gasteiger charge is 2.49. The molecular formula is C7H10F4S. The average Bonchev–Trinajstić information content (AvgIpc) is 2.08. The molecule has 0 aromatic heterocycles. The molecule has 12 heavy (non-hydrogen) atoms. The van der Waals surface area contributed by atoms with E-state index in [1.165, 1.54) is 0 Å². The van der Waals surface area contributed by atoms with Crippen molar-refractivity contribution in [1.29, 1.82) is 0 Å². The SMILES string of the molecule is CC1C(F)C(F)C(S)C(F)C1F. The molecule has 1 fully saturated rings. The molecule has 0 aromatic carbocycles. The van der Waals surface area contributed by atoms with E-state index in [9.17, 15) is 17.6 Å². The van der Waals surface area contributed by atoms with Gasteiger partial charge in [0.25, 0.3) is 0 Å². The lowest BCUT2D eigenvalue weighted by Crippen LogP contribution is -2.51. The molecule has 0 heterocycles. The zero-order valence-corrected chi connectivity index (χ0v) is 7.32. The molecule has 72 valence electrons. The first kappa shape index (κ1) is 10.2. The number of halogens is 4. The third-order valence-electron chi connectivity index (χ3n) is 2.27. The molecule has 0 spiro atoms. The summed E-state index contributed by atoms with van der Waals surface area (Å²) in [6, 6.07) is 0. The Hall–Kier alpha value is 0.0700. The molecule has 4 unspecified atom stereocenters. The predicted molar refractivity (Wildman–Crippen MR) is 41.5 cm³/mol. The van der Waals surface area contributed by atoms with Crippen molar-refractivity contribution in [2.75, 3.05) is 0 Å². The van der Waals surface area contributed by atoms with Gasteiger partial charge in [0.15, 0.2) is 0 Å². The van der Waals surface area contributed by atoms with Crippen molar-refractivity contribution >= 4 is 12.6 Å². The van der Waals surface area contributed by atoms with Crippen molar-refractivity contribution in [2.45, 2.75) is 36.9 Å². The first-order valence-corrected chi connectivity index (χ1v) is 4.22. The van der Waals surface area contributed by atoms with Gasteiger partial charge in [0.1, 0.15) is 24.7 Å². The average molecular weight is 202 g/mol. The highest BCUT2D eigenvalue weighted by atomic mass is 32.1. The van der Waals surface area contributed by atoms with Crippen LogP contribution in [-0.4, -0.2) is 29.9 Å². The number of alkyl halides is 4. The monoisotopic (exact) mass is 202 g/mol. The van der Waals surface area contributed by atoms with Crippen molar-refractivity contribution in [3.8, 4) is 0 Å². The number of rotatable bonds is 0. The van der Waals surface area contributed by atoms with Gasteiger partial charge >= 0.3 is 0 Å². The fraction of sp³-hybridized carbons (Fsp3) is 1.00. The highest BCUT2D eigenvalue weighted by molar-refractivity contribution is 7.81. The smallest absolute Gasteiger partial charge is 0.146 e. The van der Waals surface area contributed by atoms with Crippen LogP contribution in [0.1, 0.15) is 6.92 Å². The zero-order valence-electron chi connectivity index (χ0n) is 6.42. The predicted octanol–water partition coefficient (Wildman–Crippen LogP) is 2.29. The molecule has 0 nitrogen and oxygen atoms in total. The van der Waals surface area contributed by atoms with E-state index < -0.39 is 35.9 Å². The van der Waals surface area contributed by atoms with Crippen LogP contribution in [0, 0.1) is 5.92 Å². The molecule has 0 aliphatic heterocycles. The maximum absolute atomic E-state index is 12.8. The Morgan fingerprint density at radius 3 is 1.50 bits per heavy atom. The summed E-state index contributed by atoms with van der Waals surface area (Å²) in [6.07, 6.45) is -7.92. The molecule has 1 aliphatic rings. The Kier molecular flexibility index (Phi) is 2.91. The van der Waals surface area contributed by atoms with Crippen molar-refractivity contribution < 1.29 is 17.6 Å². The van der Waals surface area contributed by atoms with E-state index in [0.29, 0.717) is 0 Å². The normalized spacial score (nSPS) is 55.5. The van der Waals surface area contributed by atoms with Gasteiger partial charge in [-0.15, -0.1) is 0 Å². The molecular weight excluding hydrogens is 192 g/mol. The van der Waals surface area contributed by atoms with E-state index in [1.54, 1.807) is 0 Å². The van der Waals surface area contributed by atoms with Gasteiger partial charge in [-0.25, -0.2) is 17.6 Å². The third-order valence-corrected chi connectivity index (χ3v) is 2.84. The minimum absolute atomic E-state index is 1.16. The van der Waals surface area contributed by atoms with E-state index in [2.05, 4.69) is 12.6 Å². The van der Waals surface area contributed by atoms with Crippen LogP contribution in [0.4, 0.5) is 17.6 Å². The molecule has 0 radical (unpaired) electrons. The molecule has 0 bridgehead atoms. The molecule has 0 amide bonds. The van der Waals surface area contributed by atoms with Gasteiger partial charge < -0.3 is 0 Å². The molecule has 0 saturated heterocycles. The topological polar surface area (TPSA) is 0 Å². The molecule has 1 saturated carbocycles. The van der Waals surface area contributed by atoms with E-state index in [0.717, 1.165) is 6.92 Å². The van der Waals surface area contributed by atoms with E-state index in [-0.39, 0.29) is 0 Å². The Bertz CT molecular complexity index is 107. The highest BCUT2D eigenvalue weighted by Crippen LogP contribution is 2.36. The van der Waals surface area contributed by atoms with Crippen LogP contribution < -0.4 is 0 Å². The molecule has 0 aromatic rings. The molecule has 0 N–H and O–H groups in total. The van der Waals surface area contributed by atoms with Crippen molar-refractivity contribution in [3.63, 3.8) is 0 Å². The summed E-state index contributed by atoms with van der Waals surface area (Å²) in [5.41, 5.74) is 0. The Morgan fingerprint density at radius 1 is 0.833 bits per heavy atom. The van der Waals surface area contributed by atoms with Gasteiger partial charge in [0.2, 0.25) is 0 Å². The van der Waals surface area contributed by atoms with Crippen molar-refractivity contribution in [1.82, 2.24) is 0 Å². The van der Waals surface area contributed by atoms with Crippen molar-refractivity contribution in [3.05, 3.63) is 0 Å². The zero-order chi connectivity index (χ0) is 9.46. The lowest BCUT2D eigenvalue weighted by molar-refractivity contribution is -0.0229. The minimum atomic E-state index is -2.01. The van der Waals surface area contributed by atoms with Gasteiger partial charge in [-0.3, -0.25) is 0 Å². The summed E-state index contributed by atoms with van der Waals surface area (Å²) in [5.74, 6) is -1.22. The lowest BCUT2D eigenvalue weighted by atomic mass is 9.84. The van der Waals surface area contributed by atoms with Crippen LogP contribution in [0.5, 0.6) is 0 Å². The van der Waals surface area contributed by atoms with Crippen LogP contribution in [-0.2, 0) is 0 Å². The Labute approximate surface area is 73.7 Å². The maximum atomic E-state index is 12.8. The lowest BCUT2D eigenvalue weighted by Gasteiger charge is -2.35. The molecule has 1 rings (SSSR count). The van der Waals surface area contributed by atoms with Gasteiger partial charge in [0.05, 0.1) is 5.25 Å². The number of hydrogen-bond donors (Lipinski definition) is 1. The number of thiol groups is 1. The second-order valence-electron chi connectivity index (χ2n) is 3.13. The summed E-state index contributed by atoms with van der Waals surface area (Å²) in [7, 11) is 0. The number of hydrogen-bond acceptors (Lipinski definition) is 1. The van der Waals surface area contributed by atoms with Gasteiger partial charge in [-0.1, -0.05) is 6.92 Å². The van der Waals surface area contributed by atoms with Crippen molar-refractivity contribution in [2.24, 2.45) is 5.92 Å². The van der Waals surface area contributed by atoms with Gasteiger partial charge in [0, 0.05) is 5.92 Å². The van der Waals surface area contributed by atoms with Crippen LogP contribution >= 0.6 is 12.6 Å². The largest absolute Gasteiger partial charge is 0.244 e. The van der Waals surface area contributed by atoms with Crippen LogP contribution in [0.2, 0.25) is 0 Å². The summed E-state index contributed by atoms with van der Waals surface area (Å²) < 4.78 is 51.2. The van der Waals surface area contributed by atoms with Crippen LogP contribution in [0.15, 0.2) is 0 Å². The fourth-order valence-electron chi connectivity index (χ4n) is 1.31. The summed E-state index contributed by atoms with van der Waals surface area (Å²) in [5, 5.41) is -1.48. The van der Waals surface area contributed by atoms with E-state index >= 15 is 0 Å². The molecule has 1 aliphatic carbocycles. The summed E-state index contributed by atoms with van der Waals surface area (Å²) >= 11 is 3.48. The quantitative estimate of drug-likeness (QED) is 0.452. The maximum Gasteiger partial charge on any atom is 0.146 e. The Balaban J connectivity index is 2.76. The second-order valence-corrected chi connectivity index (χ2v) is 3.72. The summed E-state index contributed by atoms with van der Waals surface area (Å²) in [6.45, 7) is 1.16. The molecule has 5 heteroatoms.